The van der Waals surface area contributed by atoms with Gasteiger partial charge in [-0.3, -0.25) is 9.59 Å². The van der Waals surface area contributed by atoms with Gasteiger partial charge >= 0.3 is 0 Å². The molecule has 2 heterocycles. The van der Waals surface area contributed by atoms with Crippen molar-refractivity contribution in [2.45, 2.75) is 116 Å². The Balaban J connectivity index is 0.994. The monoisotopic (exact) mass is 865 g/mol. The molecule has 0 radical (unpaired) electrons. The van der Waals surface area contributed by atoms with Crippen LogP contribution < -0.4 is 19.3 Å². The molecule has 0 bridgehead atoms. The number of carbonyl (C=O) groups is 2. The average molecular weight is 865 g/mol. The van der Waals surface area contributed by atoms with Crippen LogP contribution in [0.25, 0.3) is 22.3 Å². The second-order valence-corrected chi connectivity index (χ2v) is 17.4. The highest BCUT2D eigenvalue weighted by atomic mass is 16.6. The van der Waals surface area contributed by atoms with Crippen molar-refractivity contribution in [3.8, 4) is 33.8 Å². The van der Waals surface area contributed by atoms with E-state index in [4.69, 9.17) is 18.9 Å². The van der Waals surface area contributed by atoms with Crippen LogP contribution in [0.2, 0.25) is 0 Å². The van der Waals surface area contributed by atoms with Crippen LogP contribution in [0.3, 0.4) is 0 Å². The molecular formula is C56H68N2O6. The molecule has 64 heavy (non-hydrogen) atoms. The lowest BCUT2D eigenvalue weighted by molar-refractivity contribution is 0.0978. The lowest BCUT2D eigenvalue weighted by atomic mass is 10.0. The van der Waals surface area contributed by atoms with Gasteiger partial charge in [-0.2, -0.15) is 0 Å². The highest BCUT2D eigenvalue weighted by Crippen LogP contribution is 2.29. The van der Waals surface area contributed by atoms with E-state index < -0.39 is 0 Å². The van der Waals surface area contributed by atoms with E-state index in [0.717, 1.165) is 148 Å². The number of amides is 2. The van der Waals surface area contributed by atoms with E-state index in [1.54, 1.807) is 0 Å². The van der Waals surface area contributed by atoms with Crippen molar-refractivity contribution in [2.75, 3.05) is 49.3 Å². The predicted molar refractivity (Wildman–Crippen MR) is 260 cm³/mol. The van der Waals surface area contributed by atoms with E-state index in [2.05, 4.69) is 38.1 Å². The van der Waals surface area contributed by atoms with Crippen LogP contribution >= 0.6 is 0 Å². The lowest BCUT2D eigenvalue weighted by Crippen LogP contribution is -2.33. The van der Waals surface area contributed by atoms with Gasteiger partial charge in [0.2, 0.25) is 0 Å². The molecule has 2 amide bonds. The normalized spacial score (nSPS) is 15.1. The number of anilines is 2. The third-order valence-corrected chi connectivity index (χ3v) is 12.3. The van der Waals surface area contributed by atoms with Crippen molar-refractivity contribution in [3.63, 3.8) is 0 Å². The molecule has 0 aromatic heterocycles. The summed E-state index contributed by atoms with van der Waals surface area (Å²) in [5.41, 5.74) is 7.19. The summed E-state index contributed by atoms with van der Waals surface area (Å²) in [6, 6.07) is 40.2. The molecule has 338 valence electrons. The zero-order valence-electron chi connectivity index (χ0n) is 38.2. The van der Waals surface area contributed by atoms with Crippen molar-refractivity contribution >= 4 is 23.2 Å². The van der Waals surface area contributed by atoms with Crippen LogP contribution in [0.5, 0.6) is 11.5 Å². The fourth-order valence-corrected chi connectivity index (χ4v) is 8.11. The minimum absolute atomic E-state index is 0.0300. The average Bonchev–Trinajstić information content (AvgIpc) is 4.30. The Labute approximate surface area is 381 Å². The van der Waals surface area contributed by atoms with Gasteiger partial charge in [-0.05, 0) is 146 Å². The van der Waals surface area contributed by atoms with Crippen molar-refractivity contribution in [3.05, 3.63) is 132 Å². The number of benzene rings is 5. The standard InChI is InChI=1S/C56H68N2O6/c1-3-5-7-11-37-57(55(59)47-21-17-43(18-22-47)45-25-33-51(34-26-45)61-39-13-9-15-53-41-63-53)49-29-31-50(32-30-49)58(38-12-8-6-4-2)56(60)48-23-19-44(20-24-48)46-27-35-52(36-28-46)62-40-14-10-16-54-42-64-54/h17-36,53-54H,3-16,37-42H2,1-2H3. The Morgan fingerprint density at radius 3 is 1.12 bits per heavy atom. The number of nitrogens with zero attached hydrogens (tertiary/aromatic N) is 2. The molecule has 5 aromatic carbocycles. The maximum Gasteiger partial charge on any atom is 0.258 e. The van der Waals surface area contributed by atoms with E-state index >= 15 is 0 Å². The second-order valence-electron chi connectivity index (χ2n) is 17.4. The molecule has 0 saturated carbocycles. The minimum Gasteiger partial charge on any atom is -0.494 e. The number of rotatable bonds is 28. The predicted octanol–water partition coefficient (Wildman–Crippen LogP) is 13.4. The Morgan fingerprint density at radius 2 is 0.797 bits per heavy atom. The highest BCUT2D eigenvalue weighted by Gasteiger charge is 2.23. The molecule has 0 aliphatic carbocycles. The molecule has 2 fully saturated rings. The Kier molecular flexibility index (Phi) is 17.9. The van der Waals surface area contributed by atoms with Gasteiger partial charge in [0, 0.05) is 35.6 Å². The van der Waals surface area contributed by atoms with E-state index in [-0.39, 0.29) is 11.8 Å². The molecule has 2 atom stereocenters. The summed E-state index contributed by atoms with van der Waals surface area (Å²) in [5, 5.41) is 0. The maximum absolute atomic E-state index is 14.3. The van der Waals surface area contributed by atoms with Crippen molar-refractivity contribution in [1.29, 1.82) is 0 Å². The smallest absolute Gasteiger partial charge is 0.258 e. The molecule has 8 heteroatoms. The van der Waals surface area contributed by atoms with Gasteiger partial charge in [0.15, 0.2) is 0 Å². The SMILES string of the molecule is CCCCCCN(C(=O)c1ccc(-c2ccc(OCCCCC3CO3)cc2)cc1)c1ccc(N(CCCCCC)C(=O)c2ccc(-c3ccc(OCCCCC4CO4)cc3)cc2)cc1. The first-order chi connectivity index (χ1) is 31.5. The largest absolute Gasteiger partial charge is 0.494 e. The molecule has 5 aromatic rings. The van der Waals surface area contributed by atoms with Crippen molar-refractivity contribution in [2.24, 2.45) is 0 Å². The van der Waals surface area contributed by atoms with Gasteiger partial charge < -0.3 is 28.7 Å². The van der Waals surface area contributed by atoms with Crippen LogP contribution in [0, 0.1) is 0 Å². The molecule has 8 nitrogen and oxygen atoms in total. The first-order valence-corrected chi connectivity index (χ1v) is 24.1. The van der Waals surface area contributed by atoms with E-state index in [9.17, 15) is 9.59 Å². The molecule has 0 spiro atoms. The third kappa shape index (κ3) is 14.3. The summed E-state index contributed by atoms with van der Waals surface area (Å²) in [6.45, 7) is 8.87. The maximum atomic E-state index is 14.3. The fraction of sp³-hybridized carbons (Fsp3) is 0.429. The molecule has 0 N–H and O–H groups in total. The Hall–Kier alpha value is -5.44. The van der Waals surface area contributed by atoms with Gasteiger partial charge in [-0.15, -0.1) is 0 Å². The fourth-order valence-electron chi connectivity index (χ4n) is 8.11. The number of hydrogen-bond donors (Lipinski definition) is 0. The van der Waals surface area contributed by atoms with Crippen LogP contribution in [0.15, 0.2) is 121 Å². The topological polar surface area (TPSA) is 84.1 Å². The quantitative estimate of drug-likeness (QED) is 0.0368. The van der Waals surface area contributed by atoms with Crippen LogP contribution in [0.1, 0.15) is 124 Å². The van der Waals surface area contributed by atoms with Crippen molar-refractivity contribution in [1.82, 2.24) is 0 Å². The number of unbranched alkanes of at least 4 members (excludes halogenated alkanes) is 8. The van der Waals surface area contributed by atoms with E-state index in [1.807, 2.05) is 107 Å². The molecule has 2 aliphatic heterocycles. The summed E-state index contributed by atoms with van der Waals surface area (Å²) in [4.78, 5) is 32.3. The summed E-state index contributed by atoms with van der Waals surface area (Å²) in [6.07, 6.45) is 15.9. The number of carbonyl (C=O) groups excluding carboxylic acids is 2. The van der Waals surface area contributed by atoms with Gasteiger partial charge in [0.1, 0.15) is 11.5 Å². The lowest BCUT2D eigenvalue weighted by Gasteiger charge is -2.26. The first-order valence-electron chi connectivity index (χ1n) is 24.1. The summed E-state index contributed by atoms with van der Waals surface area (Å²) in [5.74, 6) is 1.67. The highest BCUT2D eigenvalue weighted by molar-refractivity contribution is 6.08. The van der Waals surface area contributed by atoms with Gasteiger partial charge in [-0.25, -0.2) is 0 Å². The molecule has 2 saturated heterocycles. The van der Waals surface area contributed by atoms with Crippen LogP contribution in [-0.4, -0.2) is 63.5 Å². The summed E-state index contributed by atoms with van der Waals surface area (Å²) < 4.78 is 22.5. The van der Waals surface area contributed by atoms with Crippen LogP contribution in [-0.2, 0) is 9.47 Å². The number of ether oxygens (including phenoxy) is 4. The van der Waals surface area contributed by atoms with Crippen molar-refractivity contribution < 1.29 is 28.5 Å². The minimum atomic E-state index is -0.0300. The molecule has 2 aliphatic rings. The molecular weight excluding hydrogens is 797 g/mol. The first kappa shape index (κ1) is 46.5. The third-order valence-electron chi connectivity index (χ3n) is 12.3. The molecule has 2 unspecified atom stereocenters. The summed E-state index contributed by atoms with van der Waals surface area (Å²) >= 11 is 0. The Morgan fingerprint density at radius 1 is 0.453 bits per heavy atom. The zero-order valence-corrected chi connectivity index (χ0v) is 38.2. The van der Waals surface area contributed by atoms with E-state index in [0.29, 0.717) is 49.6 Å². The zero-order chi connectivity index (χ0) is 44.4. The molecule has 7 rings (SSSR count). The summed E-state index contributed by atoms with van der Waals surface area (Å²) in [7, 11) is 0. The van der Waals surface area contributed by atoms with Gasteiger partial charge in [-0.1, -0.05) is 101 Å². The van der Waals surface area contributed by atoms with Gasteiger partial charge in [0.25, 0.3) is 11.8 Å². The number of epoxide rings is 2. The number of hydrogen-bond acceptors (Lipinski definition) is 6. The van der Waals surface area contributed by atoms with E-state index in [1.165, 1.54) is 0 Å². The Bertz CT molecular complexity index is 1990. The van der Waals surface area contributed by atoms with Crippen LogP contribution in [0.4, 0.5) is 11.4 Å². The second kappa shape index (κ2) is 24.6. The van der Waals surface area contributed by atoms with Gasteiger partial charge in [0.05, 0.1) is 38.6 Å².